The zero-order valence-corrected chi connectivity index (χ0v) is 15.2. The lowest BCUT2D eigenvalue weighted by atomic mass is 9.90. The van der Waals surface area contributed by atoms with Gasteiger partial charge < -0.3 is 16.0 Å². The van der Waals surface area contributed by atoms with Gasteiger partial charge in [-0.3, -0.25) is 4.79 Å². The van der Waals surface area contributed by atoms with E-state index in [9.17, 15) is 4.79 Å². The number of carbonyl (C=O) groups excluding carboxylic acids is 1. The van der Waals surface area contributed by atoms with Crippen LogP contribution in [0.25, 0.3) is 0 Å². The van der Waals surface area contributed by atoms with Crippen LogP contribution in [-0.2, 0) is 4.79 Å². The number of nitrogens with zero attached hydrogens (tertiary/aromatic N) is 1. The Balaban J connectivity index is 1.92. The zero-order valence-electron chi connectivity index (χ0n) is 15.2. The monoisotopic (exact) mass is 337 g/mol. The maximum absolute atomic E-state index is 12.9. The minimum absolute atomic E-state index is 0.0390. The maximum atomic E-state index is 12.9. The van der Waals surface area contributed by atoms with E-state index in [-0.39, 0.29) is 23.9 Å². The Morgan fingerprint density at radius 2 is 1.92 bits per heavy atom. The molecule has 3 rings (SSSR count). The number of amides is 1. The second kappa shape index (κ2) is 7.18. The molecule has 0 aliphatic carbocycles. The van der Waals surface area contributed by atoms with Gasteiger partial charge in [-0.05, 0) is 55.7 Å². The average Bonchev–Trinajstić information content (AvgIpc) is 2.62. The minimum atomic E-state index is 0.0390. The molecule has 3 atom stereocenters. The van der Waals surface area contributed by atoms with Crippen LogP contribution < -0.4 is 16.0 Å². The molecule has 0 fully saturated rings. The highest BCUT2D eigenvalue weighted by molar-refractivity contribution is 5.96. The van der Waals surface area contributed by atoms with E-state index in [0.717, 1.165) is 29.9 Å². The van der Waals surface area contributed by atoms with Crippen molar-refractivity contribution in [2.24, 2.45) is 5.92 Å². The fourth-order valence-electron chi connectivity index (χ4n) is 3.48. The van der Waals surface area contributed by atoms with E-state index in [4.69, 9.17) is 5.73 Å². The molecule has 1 aliphatic rings. The van der Waals surface area contributed by atoms with Crippen LogP contribution in [0.3, 0.4) is 0 Å². The molecule has 25 heavy (non-hydrogen) atoms. The second-order valence-corrected chi connectivity index (χ2v) is 6.98. The standard InChI is InChI=1S/C21H27N3O/c1-4-14(2)21(25)24-15(3)13-19(18-7-5-6-8-20(18)24)23-17-11-9-16(22)10-12-17/h5-12,14-15,19,23H,4,13,22H2,1-3H3/t14?,15-,19+/m0/s1. The lowest BCUT2D eigenvalue weighted by molar-refractivity contribution is -0.122. The summed E-state index contributed by atoms with van der Waals surface area (Å²) in [4.78, 5) is 14.9. The van der Waals surface area contributed by atoms with Gasteiger partial charge in [-0.1, -0.05) is 32.0 Å². The van der Waals surface area contributed by atoms with E-state index < -0.39 is 0 Å². The molecule has 0 radical (unpaired) electrons. The first-order valence-corrected chi connectivity index (χ1v) is 9.05. The third-order valence-corrected chi connectivity index (χ3v) is 5.11. The number of hydrogen-bond acceptors (Lipinski definition) is 3. The third-order valence-electron chi connectivity index (χ3n) is 5.11. The van der Waals surface area contributed by atoms with Crippen LogP contribution in [0, 0.1) is 5.92 Å². The highest BCUT2D eigenvalue weighted by Crippen LogP contribution is 2.39. The summed E-state index contributed by atoms with van der Waals surface area (Å²) in [6.07, 6.45) is 1.74. The zero-order chi connectivity index (χ0) is 18.0. The molecule has 1 heterocycles. The molecular formula is C21H27N3O. The largest absolute Gasteiger partial charge is 0.399 e. The molecule has 1 amide bonds. The summed E-state index contributed by atoms with van der Waals surface area (Å²) in [6.45, 7) is 6.21. The first-order chi connectivity index (χ1) is 12.0. The van der Waals surface area contributed by atoms with E-state index in [0.29, 0.717) is 0 Å². The Labute approximate surface area is 150 Å². The number of nitrogen functional groups attached to an aromatic ring is 1. The molecule has 4 heteroatoms. The molecule has 2 aromatic carbocycles. The summed E-state index contributed by atoms with van der Waals surface area (Å²) >= 11 is 0. The van der Waals surface area contributed by atoms with Crippen molar-refractivity contribution < 1.29 is 4.79 Å². The van der Waals surface area contributed by atoms with Crippen molar-refractivity contribution >= 4 is 23.0 Å². The highest BCUT2D eigenvalue weighted by Gasteiger charge is 2.34. The molecule has 132 valence electrons. The van der Waals surface area contributed by atoms with Crippen molar-refractivity contribution in [3.63, 3.8) is 0 Å². The minimum Gasteiger partial charge on any atom is -0.399 e. The molecule has 0 saturated carbocycles. The van der Waals surface area contributed by atoms with Gasteiger partial charge in [-0.15, -0.1) is 0 Å². The predicted octanol–water partition coefficient (Wildman–Crippen LogP) is 4.59. The number of anilines is 3. The number of hydrogen-bond donors (Lipinski definition) is 2. The van der Waals surface area contributed by atoms with Crippen molar-refractivity contribution in [2.45, 2.75) is 45.7 Å². The quantitative estimate of drug-likeness (QED) is 0.802. The number of para-hydroxylation sites is 1. The predicted molar refractivity (Wildman–Crippen MR) is 105 cm³/mol. The van der Waals surface area contributed by atoms with Gasteiger partial charge >= 0.3 is 0 Å². The fourth-order valence-corrected chi connectivity index (χ4v) is 3.48. The molecule has 0 bridgehead atoms. The van der Waals surface area contributed by atoms with Crippen LogP contribution in [-0.4, -0.2) is 11.9 Å². The molecule has 1 aliphatic heterocycles. The van der Waals surface area contributed by atoms with Gasteiger partial charge in [0.05, 0.1) is 6.04 Å². The van der Waals surface area contributed by atoms with Crippen LogP contribution in [0.5, 0.6) is 0 Å². The van der Waals surface area contributed by atoms with Crippen LogP contribution in [0.15, 0.2) is 48.5 Å². The van der Waals surface area contributed by atoms with E-state index in [1.807, 2.05) is 48.2 Å². The molecule has 2 aromatic rings. The van der Waals surface area contributed by atoms with Crippen LogP contribution >= 0.6 is 0 Å². The molecule has 1 unspecified atom stereocenters. The number of benzene rings is 2. The van der Waals surface area contributed by atoms with Crippen LogP contribution in [0.2, 0.25) is 0 Å². The second-order valence-electron chi connectivity index (χ2n) is 6.98. The third kappa shape index (κ3) is 3.48. The van der Waals surface area contributed by atoms with E-state index in [2.05, 4.69) is 31.3 Å². The maximum Gasteiger partial charge on any atom is 0.230 e. The summed E-state index contributed by atoms with van der Waals surface area (Å²) in [7, 11) is 0. The lowest BCUT2D eigenvalue weighted by Gasteiger charge is -2.41. The average molecular weight is 337 g/mol. The van der Waals surface area contributed by atoms with Gasteiger partial charge in [-0.2, -0.15) is 0 Å². The Hall–Kier alpha value is -2.49. The SMILES string of the molecule is CCC(C)C(=O)N1c2ccccc2[C@H](Nc2ccc(N)cc2)C[C@@H]1C. The van der Waals surface area contributed by atoms with Gasteiger partial charge in [0.2, 0.25) is 5.91 Å². The molecule has 0 saturated heterocycles. The van der Waals surface area contributed by atoms with Gasteiger partial charge in [0.1, 0.15) is 0 Å². The molecule has 0 spiro atoms. The molecule has 4 nitrogen and oxygen atoms in total. The van der Waals surface area contributed by atoms with Crippen LogP contribution in [0.1, 0.15) is 45.2 Å². The molecule has 0 aromatic heterocycles. The van der Waals surface area contributed by atoms with Crippen molar-refractivity contribution in [3.8, 4) is 0 Å². The van der Waals surface area contributed by atoms with Gasteiger partial charge in [0.25, 0.3) is 0 Å². The van der Waals surface area contributed by atoms with Crippen molar-refractivity contribution in [1.82, 2.24) is 0 Å². The molecular weight excluding hydrogens is 310 g/mol. The van der Waals surface area contributed by atoms with Gasteiger partial charge in [0.15, 0.2) is 0 Å². The van der Waals surface area contributed by atoms with E-state index >= 15 is 0 Å². The topological polar surface area (TPSA) is 58.4 Å². The smallest absolute Gasteiger partial charge is 0.230 e. The summed E-state index contributed by atoms with van der Waals surface area (Å²) in [6, 6.07) is 16.4. The lowest BCUT2D eigenvalue weighted by Crippen LogP contribution is -2.46. The summed E-state index contributed by atoms with van der Waals surface area (Å²) in [5, 5.41) is 3.60. The first kappa shape index (κ1) is 17.3. The summed E-state index contributed by atoms with van der Waals surface area (Å²) in [5.41, 5.74) is 9.78. The van der Waals surface area contributed by atoms with E-state index in [1.54, 1.807) is 0 Å². The Kier molecular flexibility index (Phi) is 4.98. The first-order valence-electron chi connectivity index (χ1n) is 9.05. The number of nitrogens with two attached hydrogens (primary N) is 1. The Morgan fingerprint density at radius 1 is 1.24 bits per heavy atom. The normalized spacial score (nSPS) is 20.7. The molecule has 3 N–H and O–H groups in total. The number of fused-ring (bicyclic) bond motifs is 1. The van der Waals surface area contributed by atoms with Crippen molar-refractivity contribution in [3.05, 3.63) is 54.1 Å². The van der Waals surface area contributed by atoms with Gasteiger partial charge in [0, 0.05) is 29.0 Å². The van der Waals surface area contributed by atoms with E-state index in [1.165, 1.54) is 5.56 Å². The fraction of sp³-hybridized carbons (Fsp3) is 0.381. The van der Waals surface area contributed by atoms with Crippen LogP contribution in [0.4, 0.5) is 17.1 Å². The van der Waals surface area contributed by atoms with Crippen molar-refractivity contribution in [2.75, 3.05) is 16.0 Å². The Bertz CT molecular complexity index is 741. The number of rotatable bonds is 4. The summed E-state index contributed by atoms with van der Waals surface area (Å²) in [5.74, 6) is 0.255. The highest BCUT2D eigenvalue weighted by atomic mass is 16.2. The number of carbonyl (C=O) groups is 1. The Morgan fingerprint density at radius 3 is 2.60 bits per heavy atom. The summed E-state index contributed by atoms with van der Waals surface area (Å²) < 4.78 is 0. The number of nitrogens with one attached hydrogen (secondary N) is 1. The van der Waals surface area contributed by atoms with Gasteiger partial charge in [-0.25, -0.2) is 0 Å². The van der Waals surface area contributed by atoms with Crippen molar-refractivity contribution in [1.29, 1.82) is 0 Å².